The summed E-state index contributed by atoms with van der Waals surface area (Å²) in [6.07, 6.45) is -4.36. The minimum Gasteiger partial charge on any atom is -0.483 e. The van der Waals surface area contributed by atoms with Crippen molar-refractivity contribution in [1.82, 2.24) is 9.47 Å². The summed E-state index contributed by atoms with van der Waals surface area (Å²) in [7, 11) is 1.70. The van der Waals surface area contributed by atoms with E-state index in [0.717, 1.165) is 12.1 Å². The minimum atomic E-state index is -5.78. The Labute approximate surface area is 181 Å². The second kappa shape index (κ2) is 8.32. The summed E-state index contributed by atoms with van der Waals surface area (Å²) in [5.41, 5.74) is -2.15. The molecule has 32 heavy (non-hydrogen) atoms. The molecule has 0 atom stereocenters. The quantitative estimate of drug-likeness (QED) is 0.669. The van der Waals surface area contributed by atoms with Gasteiger partial charge in [-0.3, -0.25) is 14.3 Å². The number of hydrogen-bond donors (Lipinski definition) is 1. The molecule has 10 heteroatoms. The van der Waals surface area contributed by atoms with E-state index in [1.807, 2.05) is 0 Å². The van der Waals surface area contributed by atoms with E-state index in [2.05, 4.69) is 0 Å². The first-order valence-corrected chi connectivity index (χ1v) is 9.79. The fourth-order valence-corrected chi connectivity index (χ4v) is 3.62. The Morgan fingerprint density at radius 3 is 2.41 bits per heavy atom. The molecule has 0 spiro atoms. The van der Waals surface area contributed by atoms with E-state index in [9.17, 15) is 31.9 Å². The van der Waals surface area contributed by atoms with E-state index < -0.39 is 28.8 Å². The first-order chi connectivity index (χ1) is 14.8. The summed E-state index contributed by atoms with van der Waals surface area (Å²) in [6, 6.07) is 6.78. The number of aliphatic hydroxyl groups excluding tert-OH is 1. The molecule has 0 fully saturated rings. The maximum absolute atomic E-state index is 14.1. The lowest BCUT2D eigenvalue weighted by Crippen LogP contribution is -2.42. The van der Waals surface area contributed by atoms with Crippen LogP contribution in [-0.2, 0) is 5.92 Å². The van der Waals surface area contributed by atoms with Crippen LogP contribution in [0.5, 0.6) is 5.75 Å². The summed E-state index contributed by atoms with van der Waals surface area (Å²) < 4.78 is 74.4. The number of nitrogens with zero attached hydrogens (tertiary/aromatic N) is 2. The van der Waals surface area contributed by atoms with Crippen molar-refractivity contribution in [3.63, 3.8) is 0 Å². The van der Waals surface area contributed by atoms with E-state index in [1.54, 1.807) is 31.9 Å². The van der Waals surface area contributed by atoms with E-state index in [1.165, 1.54) is 22.9 Å². The number of pyridine rings is 1. The maximum Gasteiger partial charge on any atom is 0.458 e. The van der Waals surface area contributed by atoms with Crippen LogP contribution < -0.4 is 10.3 Å². The molecule has 0 bridgehead atoms. The third-order valence-electron chi connectivity index (χ3n) is 5.30. The number of ether oxygens (including phenoxy) is 1. The van der Waals surface area contributed by atoms with Gasteiger partial charge in [0.05, 0.1) is 12.3 Å². The highest BCUT2D eigenvalue weighted by Crippen LogP contribution is 2.47. The van der Waals surface area contributed by atoms with Gasteiger partial charge in [-0.25, -0.2) is 0 Å². The normalized spacial score (nSPS) is 16.2. The Morgan fingerprint density at radius 2 is 1.81 bits per heavy atom. The van der Waals surface area contributed by atoms with Crippen LogP contribution in [0, 0.1) is 0 Å². The average molecular weight is 458 g/mol. The van der Waals surface area contributed by atoms with Gasteiger partial charge in [-0.2, -0.15) is 22.0 Å². The van der Waals surface area contributed by atoms with Gasteiger partial charge in [-0.05, 0) is 45.2 Å². The molecule has 1 aromatic heterocycles. The Balaban J connectivity index is 2.33. The van der Waals surface area contributed by atoms with Crippen LogP contribution in [0.25, 0.3) is 5.70 Å². The Kier molecular flexibility index (Phi) is 6.23. The third-order valence-corrected chi connectivity index (χ3v) is 5.30. The highest BCUT2D eigenvalue weighted by molar-refractivity contribution is 5.77. The van der Waals surface area contributed by atoms with Gasteiger partial charge < -0.3 is 9.84 Å². The van der Waals surface area contributed by atoms with Gasteiger partial charge in [-0.1, -0.05) is 6.07 Å². The first-order valence-electron chi connectivity index (χ1n) is 9.79. The fourth-order valence-electron chi connectivity index (χ4n) is 3.62. The Morgan fingerprint density at radius 1 is 1.12 bits per heavy atom. The highest BCUT2D eigenvalue weighted by Gasteiger charge is 2.59. The number of fused-ring (bicyclic) bond motifs is 1. The van der Waals surface area contributed by atoms with Crippen LogP contribution in [0.3, 0.4) is 0 Å². The molecule has 3 rings (SSSR count). The van der Waals surface area contributed by atoms with Gasteiger partial charge in [0.15, 0.2) is 0 Å². The van der Waals surface area contributed by atoms with E-state index in [0.29, 0.717) is 11.6 Å². The standard InChI is InChI=1S/C22H23F5N2O3/c1-20(2)16(13-28(3)10-11-30)19(29-9-5-4-6-18(29)31)15-12-14(7-8-17(15)32-20)21(23,24)22(25,26)27/h4-9,12,30H,10-11,13H2,1-3H3. The first kappa shape index (κ1) is 23.9. The topological polar surface area (TPSA) is 54.7 Å². The Bertz CT molecular complexity index is 1090. The average Bonchev–Trinajstić information content (AvgIpc) is 2.68. The lowest BCUT2D eigenvalue weighted by atomic mass is 9.87. The number of benzene rings is 1. The van der Waals surface area contributed by atoms with Crippen molar-refractivity contribution in [3.8, 4) is 5.75 Å². The second-order valence-corrected chi connectivity index (χ2v) is 8.09. The number of alkyl halides is 5. The van der Waals surface area contributed by atoms with Crippen molar-refractivity contribution < 1.29 is 31.8 Å². The molecule has 174 valence electrons. The van der Waals surface area contributed by atoms with Crippen LogP contribution in [0.1, 0.15) is 25.0 Å². The molecule has 1 aliphatic heterocycles. The van der Waals surface area contributed by atoms with E-state index in [4.69, 9.17) is 4.74 Å². The molecule has 0 amide bonds. The molecule has 5 nitrogen and oxygen atoms in total. The molecule has 1 aliphatic rings. The fraction of sp³-hybridized carbons (Fsp3) is 0.409. The molecule has 0 radical (unpaired) electrons. The van der Waals surface area contributed by atoms with Crippen molar-refractivity contribution in [2.45, 2.75) is 31.5 Å². The van der Waals surface area contributed by atoms with Crippen molar-refractivity contribution in [2.24, 2.45) is 0 Å². The zero-order valence-corrected chi connectivity index (χ0v) is 17.7. The van der Waals surface area contributed by atoms with Crippen LogP contribution in [0.2, 0.25) is 0 Å². The zero-order valence-electron chi connectivity index (χ0n) is 17.7. The largest absolute Gasteiger partial charge is 0.483 e. The van der Waals surface area contributed by atoms with Crippen molar-refractivity contribution >= 4 is 5.70 Å². The molecular weight excluding hydrogens is 435 g/mol. The highest BCUT2D eigenvalue weighted by atomic mass is 19.4. The zero-order chi connectivity index (χ0) is 23.9. The molecule has 0 unspecified atom stereocenters. The molecule has 1 aromatic carbocycles. The third kappa shape index (κ3) is 4.29. The second-order valence-electron chi connectivity index (χ2n) is 8.09. The number of likely N-dealkylation sites (N-methyl/N-ethyl adjacent to an activating group) is 1. The van der Waals surface area contributed by atoms with Crippen LogP contribution in [0.4, 0.5) is 22.0 Å². The lowest BCUT2D eigenvalue weighted by molar-refractivity contribution is -0.289. The number of halogens is 5. The predicted molar refractivity (Wildman–Crippen MR) is 109 cm³/mol. The van der Waals surface area contributed by atoms with Gasteiger partial charge in [0.25, 0.3) is 5.56 Å². The van der Waals surface area contributed by atoms with Gasteiger partial charge in [-0.15, -0.1) is 0 Å². The van der Waals surface area contributed by atoms with E-state index in [-0.39, 0.29) is 36.7 Å². The number of hydrogen-bond acceptors (Lipinski definition) is 4. The summed E-state index contributed by atoms with van der Waals surface area (Å²) in [6.45, 7) is 3.72. The molecule has 0 saturated carbocycles. The number of aliphatic hydroxyl groups is 1. The maximum atomic E-state index is 14.1. The molecule has 1 N–H and O–H groups in total. The molecular formula is C22H23F5N2O3. The van der Waals surface area contributed by atoms with Crippen LogP contribution in [-0.4, -0.2) is 53.1 Å². The minimum absolute atomic E-state index is 0.0496. The van der Waals surface area contributed by atoms with Gasteiger partial charge in [0.1, 0.15) is 11.4 Å². The summed E-state index contributed by atoms with van der Waals surface area (Å²) in [4.78, 5) is 14.4. The lowest BCUT2D eigenvalue weighted by Gasteiger charge is -2.39. The Hall–Kier alpha value is -2.72. The van der Waals surface area contributed by atoms with Crippen LogP contribution in [0.15, 0.2) is 53.0 Å². The van der Waals surface area contributed by atoms with Gasteiger partial charge in [0.2, 0.25) is 0 Å². The van der Waals surface area contributed by atoms with Gasteiger partial charge >= 0.3 is 12.1 Å². The van der Waals surface area contributed by atoms with Crippen molar-refractivity contribution in [3.05, 3.63) is 69.6 Å². The van der Waals surface area contributed by atoms with Gasteiger partial charge in [0, 0.05) is 42.1 Å². The molecule has 2 heterocycles. The smallest absolute Gasteiger partial charge is 0.458 e. The summed E-state index contributed by atoms with van der Waals surface area (Å²) in [5, 5.41) is 9.25. The number of aromatic nitrogens is 1. The number of rotatable bonds is 6. The van der Waals surface area contributed by atoms with Crippen molar-refractivity contribution in [1.29, 1.82) is 0 Å². The van der Waals surface area contributed by atoms with E-state index >= 15 is 0 Å². The molecule has 2 aromatic rings. The monoisotopic (exact) mass is 458 g/mol. The molecule has 0 aliphatic carbocycles. The predicted octanol–water partition coefficient (Wildman–Crippen LogP) is 3.86. The summed E-state index contributed by atoms with van der Waals surface area (Å²) in [5.74, 6) is -5.01. The van der Waals surface area contributed by atoms with Crippen molar-refractivity contribution in [2.75, 3.05) is 26.7 Å². The molecule has 0 saturated heterocycles. The van der Waals surface area contributed by atoms with Crippen LogP contribution >= 0.6 is 0 Å². The SMILES string of the molecule is CN(CCO)CC1=C(n2ccccc2=O)c2cc(C(F)(F)C(F)(F)F)ccc2OC1(C)C. The summed E-state index contributed by atoms with van der Waals surface area (Å²) >= 11 is 0.